The third-order valence-electron chi connectivity index (χ3n) is 5.25. The number of ether oxygens (including phenoxy) is 1. The van der Waals surface area contributed by atoms with E-state index < -0.39 is 0 Å². The lowest BCUT2D eigenvalue weighted by Gasteiger charge is -2.34. The van der Waals surface area contributed by atoms with Gasteiger partial charge in [0.15, 0.2) is 5.69 Å². The van der Waals surface area contributed by atoms with Gasteiger partial charge >= 0.3 is 0 Å². The maximum absolute atomic E-state index is 12.8. The van der Waals surface area contributed by atoms with Crippen molar-refractivity contribution >= 4 is 5.91 Å². The zero-order valence-electron chi connectivity index (χ0n) is 17.3. The summed E-state index contributed by atoms with van der Waals surface area (Å²) in [7, 11) is 0. The van der Waals surface area contributed by atoms with E-state index >= 15 is 0 Å². The standard InChI is InChI=1S/C21H31N5O2/c1-5-18-19(20(27)23-14-21(4)10-12-22-13-11-21)24-25-26(18)16-6-8-17(9-7-16)28-15(2)3/h6-9,15,22H,5,10-14H2,1-4H3,(H,23,27). The van der Waals surface area contributed by atoms with Crippen LogP contribution in [0.2, 0.25) is 0 Å². The largest absolute Gasteiger partial charge is 0.491 e. The van der Waals surface area contributed by atoms with E-state index in [0.717, 1.165) is 43.1 Å². The van der Waals surface area contributed by atoms with Crippen LogP contribution in [0.1, 0.15) is 56.7 Å². The smallest absolute Gasteiger partial charge is 0.273 e. The molecular weight excluding hydrogens is 354 g/mol. The Bertz CT molecular complexity index is 792. The molecule has 2 heterocycles. The van der Waals surface area contributed by atoms with Gasteiger partial charge < -0.3 is 15.4 Å². The molecular formula is C21H31N5O2. The van der Waals surface area contributed by atoms with Gasteiger partial charge in [0.05, 0.1) is 17.5 Å². The van der Waals surface area contributed by atoms with E-state index in [0.29, 0.717) is 18.7 Å². The molecule has 0 aliphatic carbocycles. The van der Waals surface area contributed by atoms with Gasteiger partial charge in [-0.2, -0.15) is 0 Å². The average molecular weight is 386 g/mol. The van der Waals surface area contributed by atoms with Crippen molar-refractivity contribution in [3.63, 3.8) is 0 Å². The van der Waals surface area contributed by atoms with E-state index in [1.807, 2.05) is 45.0 Å². The lowest BCUT2D eigenvalue weighted by Crippen LogP contribution is -2.43. The molecule has 3 rings (SSSR count). The predicted octanol–water partition coefficient (Wildman–Crippen LogP) is 2.74. The third-order valence-corrected chi connectivity index (χ3v) is 5.25. The Balaban J connectivity index is 1.73. The predicted molar refractivity (Wildman–Crippen MR) is 109 cm³/mol. The fourth-order valence-corrected chi connectivity index (χ4v) is 3.53. The summed E-state index contributed by atoms with van der Waals surface area (Å²) < 4.78 is 7.43. The molecule has 1 aromatic heterocycles. The summed E-state index contributed by atoms with van der Waals surface area (Å²) in [4.78, 5) is 12.8. The first-order chi connectivity index (χ1) is 13.4. The highest BCUT2D eigenvalue weighted by Crippen LogP contribution is 2.27. The molecule has 2 N–H and O–H groups in total. The molecule has 7 nitrogen and oxygen atoms in total. The second kappa shape index (κ2) is 8.73. The zero-order chi connectivity index (χ0) is 20.1. The molecule has 7 heteroatoms. The zero-order valence-corrected chi connectivity index (χ0v) is 17.3. The molecule has 1 amide bonds. The summed E-state index contributed by atoms with van der Waals surface area (Å²) in [5.74, 6) is 0.660. The van der Waals surface area contributed by atoms with Gasteiger partial charge in [-0.25, -0.2) is 4.68 Å². The van der Waals surface area contributed by atoms with Gasteiger partial charge in [0, 0.05) is 6.54 Å². The van der Waals surface area contributed by atoms with Crippen LogP contribution in [0.15, 0.2) is 24.3 Å². The topological polar surface area (TPSA) is 81.1 Å². The molecule has 1 aromatic carbocycles. The number of nitrogens with zero attached hydrogens (tertiary/aromatic N) is 3. The van der Waals surface area contributed by atoms with Crippen LogP contribution in [0.5, 0.6) is 5.75 Å². The Morgan fingerprint density at radius 1 is 1.29 bits per heavy atom. The first-order valence-corrected chi connectivity index (χ1v) is 10.1. The number of carbonyl (C=O) groups excluding carboxylic acids is 1. The molecule has 0 spiro atoms. The summed E-state index contributed by atoms with van der Waals surface area (Å²) in [6.07, 6.45) is 2.92. The van der Waals surface area contributed by atoms with Gasteiger partial charge in [0.2, 0.25) is 0 Å². The van der Waals surface area contributed by atoms with Crippen molar-refractivity contribution in [2.24, 2.45) is 5.41 Å². The lowest BCUT2D eigenvalue weighted by molar-refractivity contribution is 0.0916. The van der Waals surface area contributed by atoms with Gasteiger partial charge in [-0.05, 0) is 75.9 Å². The van der Waals surface area contributed by atoms with Gasteiger partial charge in [-0.3, -0.25) is 4.79 Å². The molecule has 28 heavy (non-hydrogen) atoms. The number of hydrogen-bond donors (Lipinski definition) is 2. The SMILES string of the molecule is CCc1c(C(=O)NCC2(C)CCNCC2)nnn1-c1ccc(OC(C)C)cc1. The number of amides is 1. The molecule has 1 saturated heterocycles. The Morgan fingerprint density at radius 2 is 1.96 bits per heavy atom. The van der Waals surface area contributed by atoms with E-state index in [1.165, 1.54) is 0 Å². The van der Waals surface area contributed by atoms with Crippen molar-refractivity contribution in [1.29, 1.82) is 0 Å². The Labute approximate surface area is 166 Å². The van der Waals surface area contributed by atoms with Crippen LogP contribution < -0.4 is 15.4 Å². The molecule has 0 unspecified atom stereocenters. The van der Waals surface area contributed by atoms with Crippen molar-refractivity contribution < 1.29 is 9.53 Å². The number of hydrogen-bond acceptors (Lipinski definition) is 5. The molecule has 1 aliphatic rings. The number of rotatable bonds is 7. The maximum atomic E-state index is 12.8. The maximum Gasteiger partial charge on any atom is 0.273 e. The van der Waals surface area contributed by atoms with Gasteiger partial charge in [0.25, 0.3) is 5.91 Å². The molecule has 0 atom stereocenters. The minimum atomic E-state index is -0.150. The number of benzene rings is 1. The van der Waals surface area contributed by atoms with Crippen LogP contribution in [0, 0.1) is 5.41 Å². The van der Waals surface area contributed by atoms with Crippen molar-refractivity contribution in [2.75, 3.05) is 19.6 Å². The Hall–Kier alpha value is -2.41. The molecule has 1 aliphatic heterocycles. The molecule has 152 valence electrons. The van der Waals surface area contributed by atoms with E-state index in [4.69, 9.17) is 4.74 Å². The van der Waals surface area contributed by atoms with Crippen molar-refractivity contribution in [2.45, 2.75) is 53.1 Å². The minimum absolute atomic E-state index is 0.125. The summed E-state index contributed by atoms with van der Waals surface area (Å²) in [5.41, 5.74) is 2.22. The first kappa shape index (κ1) is 20.3. The molecule has 0 saturated carbocycles. The fourth-order valence-electron chi connectivity index (χ4n) is 3.53. The quantitative estimate of drug-likeness (QED) is 0.766. The van der Waals surface area contributed by atoms with Crippen LogP contribution in [-0.2, 0) is 6.42 Å². The third kappa shape index (κ3) is 4.70. The molecule has 0 bridgehead atoms. The number of aromatic nitrogens is 3. The van der Waals surface area contributed by atoms with Crippen LogP contribution in [-0.4, -0.2) is 46.6 Å². The highest BCUT2D eigenvalue weighted by molar-refractivity contribution is 5.93. The summed E-state index contributed by atoms with van der Waals surface area (Å²) in [6, 6.07) is 7.69. The number of carbonyl (C=O) groups is 1. The van der Waals surface area contributed by atoms with Crippen molar-refractivity contribution in [3.05, 3.63) is 35.7 Å². The van der Waals surface area contributed by atoms with Gasteiger partial charge in [0.1, 0.15) is 5.75 Å². The Morgan fingerprint density at radius 3 is 2.57 bits per heavy atom. The van der Waals surface area contributed by atoms with E-state index in [-0.39, 0.29) is 17.4 Å². The Kier molecular flexibility index (Phi) is 6.34. The summed E-state index contributed by atoms with van der Waals surface area (Å²) in [5, 5.41) is 14.9. The van der Waals surface area contributed by atoms with Gasteiger partial charge in [-0.1, -0.05) is 19.1 Å². The lowest BCUT2D eigenvalue weighted by atomic mass is 9.81. The van der Waals surface area contributed by atoms with Crippen molar-refractivity contribution in [3.8, 4) is 11.4 Å². The minimum Gasteiger partial charge on any atom is -0.491 e. The highest BCUT2D eigenvalue weighted by Gasteiger charge is 2.28. The normalized spacial score (nSPS) is 16.2. The molecule has 1 fully saturated rings. The first-order valence-electron chi connectivity index (χ1n) is 10.1. The van der Waals surface area contributed by atoms with Crippen LogP contribution >= 0.6 is 0 Å². The monoisotopic (exact) mass is 385 g/mol. The van der Waals surface area contributed by atoms with Crippen molar-refractivity contribution in [1.82, 2.24) is 25.6 Å². The number of piperidine rings is 1. The van der Waals surface area contributed by atoms with Crippen LogP contribution in [0.3, 0.4) is 0 Å². The fraction of sp³-hybridized carbons (Fsp3) is 0.571. The highest BCUT2D eigenvalue weighted by atomic mass is 16.5. The van der Waals surface area contributed by atoms with E-state index in [1.54, 1.807) is 4.68 Å². The number of nitrogens with one attached hydrogen (secondary N) is 2. The van der Waals surface area contributed by atoms with E-state index in [2.05, 4.69) is 27.9 Å². The van der Waals surface area contributed by atoms with E-state index in [9.17, 15) is 4.79 Å². The van der Waals surface area contributed by atoms with Gasteiger partial charge in [-0.15, -0.1) is 5.10 Å². The molecule has 2 aromatic rings. The van der Waals surface area contributed by atoms with Crippen LogP contribution in [0.25, 0.3) is 5.69 Å². The second-order valence-electron chi connectivity index (χ2n) is 8.05. The molecule has 0 radical (unpaired) electrons. The second-order valence-corrected chi connectivity index (χ2v) is 8.05. The van der Waals surface area contributed by atoms with Crippen LogP contribution in [0.4, 0.5) is 0 Å². The summed E-state index contributed by atoms with van der Waals surface area (Å²) >= 11 is 0. The average Bonchev–Trinajstić information content (AvgIpc) is 3.11. The summed E-state index contributed by atoms with van der Waals surface area (Å²) in [6.45, 7) is 10.9.